The maximum Gasteiger partial charge on any atom is 0.306 e. The van der Waals surface area contributed by atoms with E-state index in [9.17, 15) is 14.4 Å². The molecule has 0 aliphatic heterocycles. The van der Waals surface area contributed by atoms with Gasteiger partial charge in [-0.1, -0.05) is 209 Å². The van der Waals surface area contributed by atoms with Gasteiger partial charge in [0.15, 0.2) is 6.10 Å². The van der Waals surface area contributed by atoms with Gasteiger partial charge in [0.2, 0.25) is 0 Å². The molecule has 0 bridgehead atoms. The van der Waals surface area contributed by atoms with Gasteiger partial charge in [-0.3, -0.25) is 14.4 Å². The number of esters is 3. The van der Waals surface area contributed by atoms with Crippen LogP contribution in [0.5, 0.6) is 0 Å². The van der Waals surface area contributed by atoms with Crippen molar-refractivity contribution in [3.63, 3.8) is 0 Å². The summed E-state index contributed by atoms with van der Waals surface area (Å²) < 4.78 is 16.7. The zero-order valence-corrected chi connectivity index (χ0v) is 39.7. The Hall–Kier alpha value is -3.41. The molecule has 0 saturated carbocycles. The highest BCUT2D eigenvalue weighted by Crippen LogP contribution is 2.15. The van der Waals surface area contributed by atoms with Gasteiger partial charge in [-0.25, -0.2) is 0 Å². The second-order valence-corrected chi connectivity index (χ2v) is 16.3. The van der Waals surface area contributed by atoms with Crippen molar-refractivity contribution in [2.24, 2.45) is 0 Å². The lowest BCUT2D eigenvalue weighted by Gasteiger charge is -2.18. The molecule has 348 valence electrons. The van der Waals surface area contributed by atoms with E-state index in [1.54, 1.807) is 0 Å². The van der Waals surface area contributed by atoms with Gasteiger partial charge in [-0.05, 0) is 83.5 Å². The predicted octanol–water partition coefficient (Wildman–Crippen LogP) is 16.4. The Morgan fingerprint density at radius 1 is 0.344 bits per heavy atom. The molecule has 0 aliphatic rings. The minimum atomic E-state index is -0.816. The Labute approximate surface area is 375 Å². The lowest BCUT2D eigenvalue weighted by atomic mass is 10.0. The van der Waals surface area contributed by atoms with E-state index in [4.69, 9.17) is 14.2 Å². The Morgan fingerprint density at radius 3 is 1.05 bits per heavy atom. The first kappa shape index (κ1) is 57.6. The average molecular weight is 849 g/mol. The molecule has 0 saturated heterocycles. The van der Waals surface area contributed by atoms with Crippen LogP contribution in [0, 0.1) is 0 Å². The van der Waals surface area contributed by atoms with E-state index in [2.05, 4.69) is 106 Å². The van der Waals surface area contributed by atoms with E-state index in [-0.39, 0.29) is 44.0 Å². The fraction of sp³-hybridized carbons (Fsp3) is 0.691. The van der Waals surface area contributed by atoms with E-state index >= 15 is 0 Å². The fourth-order valence-electron chi connectivity index (χ4n) is 6.63. The van der Waals surface area contributed by atoms with Crippen LogP contribution in [0.4, 0.5) is 0 Å². The zero-order valence-electron chi connectivity index (χ0n) is 39.7. The molecule has 6 heteroatoms. The van der Waals surface area contributed by atoms with Crippen LogP contribution >= 0.6 is 0 Å². The first-order valence-electron chi connectivity index (χ1n) is 25.1. The minimum absolute atomic E-state index is 0.119. The van der Waals surface area contributed by atoms with E-state index in [0.29, 0.717) is 19.3 Å². The van der Waals surface area contributed by atoms with E-state index in [1.807, 2.05) is 0 Å². The maximum atomic E-state index is 12.8. The van der Waals surface area contributed by atoms with Crippen molar-refractivity contribution in [2.45, 2.75) is 232 Å². The number of unbranched alkanes of at least 4 members (excludes halogenated alkanes) is 19. The first-order chi connectivity index (χ1) is 30.0. The Balaban J connectivity index is 4.50. The Morgan fingerprint density at radius 2 is 0.656 bits per heavy atom. The van der Waals surface area contributed by atoms with E-state index < -0.39 is 6.10 Å². The molecule has 0 fully saturated rings. The molecule has 61 heavy (non-hydrogen) atoms. The maximum absolute atomic E-state index is 12.8. The summed E-state index contributed by atoms with van der Waals surface area (Å²) >= 11 is 0. The Bertz CT molecular complexity index is 1200. The lowest BCUT2D eigenvalue weighted by molar-refractivity contribution is -0.167. The highest BCUT2D eigenvalue weighted by Gasteiger charge is 2.19. The number of carbonyl (C=O) groups excluding carboxylic acids is 3. The largest absolute Gasteiger partial charge is 0.462 e. The summed E-state index contributed by atoms with van der Waals surface area (Å²) in [6.07, 6.45) is 63.0. The number of allylic oxidation sites excluding steroid dienone is 14. The van der Waals surface area contributed by atoms with Gasteiger partial charge < -0.3 is 14.2 Å². The molecular formula is C55H92O6. The van der Waals surface area contributed by atoms with Gasteiger partial charge in [-0.15, -0.1) is 0 Å². The lowest BCUT2D eigenvalue weighted by Crippen LogP contribution is -2.30. The molecule has 0 aliphatic carbocycles. The monoisotopic (exact) mass is 849 g/mol. The molecule has 6 nitrogen and oxygen atoms in total. The van der Waals surface area contributed by atoms with Crippen LogP contribution in [0.15, 0.2) is 85.1 Å². The first-order valence-corrected chi connectivity index (χ1v) is 25.1. The summed E-state index contributed by atoms with van der Waals surface area (Å²) in [7, 11) is 0. The van der Waals surface area contributed by atoms with Gasteiger partial charge in [-0.2, -0.15) is 0 Å². The summed E-state index contributed by atoms with van der Waals surface area (Å²) in [5, 5.41) is 0. The van der Waals surface area contributed by atoms with Crippen LogP contribution in [-0.4, -0.2) is 37.2 Å². The highest BCUT2D eigenvalue weighted by atomic mass is 16.6. The van der Waals surface area contributed by atoms with Crippen LogP contribution in [0.3, 0.4) is 0 Å². The molecule has 0 spiro atoms. The van der Waals surface area contributed by atoms with Crippen molar-refractivity contribution in [1.82, 2.24) is 0 Å². The molecule has 0 aromatic heterocycles. The standard InChI is InChI=1S/C55H92O6/c1-4-7-10-13-16-19-22-24-26-27-29-30-33-36-39-42-45-48-54(57)60-51-52(50-59-53(56)47-44-41-38-35-32-21-18-15-12-9-6-3)61-55(58)49-46-43-40-37-34-31-28-25-23-20-17-14-11-8-5-2/h9,12,16,18-19,21,24,26,29-30,35-36,38-39,52H,4-8,10-11,13-15,17,20,22-23,25,27-28,31-34,37,40-51H2,1-3H3/b12-9-,19-16-,21-18-,26-24-,30-29-,38-35-,39-36-. The molecule has 1 atom stereocenters. The quantitative estimate of drug-likeness (QED) is 0.0263. The van der Waals surface area contributed by atoms with Gasteiger partial charge in [0, 0.05) is 19.3 Å². The molecule has 0 amide bonds. The van der Waals surface area contributed by atoms with Crippen molar-refractivity contribution in [2.75, 3.05) is 13.2 Å². The summed E-state index contributed by atoms with van der Waals surface area (Å²) in [6.45, 7) is 6.39. The SMILES string of the molecule is CC/C=C\C/C=C\C/C=C\CCCC(=O)OCC(COC(=O)CCC/C=C\C/C=C\C/C=C\C/C=C\CCCCC)OC(=O)CCCCCCCCCCCCCCCCC. The van der Waals surface area contributed by atoms with E-state index in [1.165, 1.54) is 103 Å². The van der Waals surface area contributed by atoms with Gasteiger partial charge in [0.05, 0.1) is 0 Å². The van der Waals surface area contributed by atoms with Crippen molar-refractivity contribution < 1.29 is 28.6 Å². The minimum Gasteiger partial charge on any atom is -0.462 e. The molecule has 0 rings (SSSR count). The van der Waals surface area contributed by atoms with Crippen molar-refractivity contribution in [3.05, 3.63) is 85.1 Å². The Kier molecular flexibility index (Phi) is 46.5. The number of ether oxygens (including phenoxy) is 3. The number of hydrogen-bond acceptors (Lipinski definition) is 6. The van der Waals surface area contributed by atoms with Crippen LogP contribution < -0.4 is 0 Å². The number of carbonyl (C=O) groups is 3. The second kappa shape index (κ2) is 49.2. The van der Waals surface area contributed by atoms with Gasteiger partial charge in [0.25, 0.3) is 0 Å². The number of rotatable bonds is 44. The van der Waals surface area contributed by atoms with Gasteiger partial charge >= 0.3 is 17.9 Å². The van der Waals surface area contributed by atoms with Crippen LogP contribution in [0.25, 0.3) is 0 Å². The van der Waals surface area contributed by atoms with Crippen LogP contribution in [0.1, 0.15) is 226 Å². The van der Waals surface area contributed by atoms with Crippen LogP contribution in [0.2, 0.25) is 0 Å². The van der Waals surface area contributed by atoms with E-state index in [0.717, 1.165) is 70.6 Å². The molecular weight excluding hydrogens is 757 g/mol. The second-order valence-electron chi connectivity index (χ2n) is 16.3. The third-order valence-electron chi connectivity index (χ3n) is 10.4. The molecule has 0 aromatic carbocycles. The van der Waals surface area contributed by atoms with Crippen molar-refractivity contribution in [1.29, 1.82) is 0 Å². The zero-order chi connectivity index (χ0) is 44.4. The predicted molar refractivity (Wildman–Crippen MR) is 261 cm³/mol. The van der Waals surface area contributed by atoms with Crippen molar-refractivity contribution >= 4 is 17.9 Å². The summed E-state index contributed by atoms with van der Waals surface area (Å²) in [4.78, 5) is 37.8. The molecule has 0 N–H and O–H groups in total. The topological polar surface area (TPSA) is 78.9 Å². The van der Waals surface area contributed by atoms with Gasteiger partial charge in [0.1, 0.15) is 13.2 Å². The molecule has 0 radical (unpaired) electrons. The molecule has 0 aromatic rings. The summed E-state index contributed by atoms with van der Waals surface area (Å²) in [5.41, 5.74) is 0. The molecule has 1 unspecified atom stereocenters. The third kappa shape index (κ3) is 47.5. The summed E-state index contributed by atoms with van der Waals surface area (Å²) in [6, 6.07) is 0. The highest BCUT2D eigenvalue weighted by molar-refractivity contribution is 5.71. The van der Waals surface area contributed by atoms with Crippen LogP contribution in [-0.2, 0) is 28.6 Å². The summed E-state index contributed by atoms with van der Waals surface area (Å²) in [5.74, 6) is -1.03. The van der Waals surface area contributed by atoms with Crippen molar-refractivity contribution in [3.8, 4) is 0 Å². The molecule has 0 heterocycles. The smallest absolute Gasteiger partial charge is 0.306 e. The number of hydrogen-bond donors (Lipinski definition) is 0. The normalized spacial score (nSPS) is 12.8. The third-order valence-corrected chi connectivity index (χ3v) is 10.4. The average Bonchev–Trinajstić information content (AvgIpc) is 3.26. The fourth-order valence-corrected chi connectivity index (χ4v) is 6.63.